The molecule has 1 unspecified atom stereocenters. The maximum absolute atomic E-state index is 13.3. The van der Waals surface area contributed by atoms with Crippen LogP contribution in [0.4, 0.5) is 13.2 Å². The Morgan fingerprint density at radius 1 is 1.17 bits per heavy atom. The molecule has 1 aromatic carbocycles. The van der Waals surface area contributed by atoms with Crippen LogP contribution in [0.1, 0.15) is 37.3 Å². The highest BCUT2D eigenvalue weighted by molar-refractivity contribution is 5.73. The lowest BCUT2D eigenvalue weighted by Crippen LogP contribution is -2.50. The van der Waals surface area contributed by atoms with Crippen LogP contribution in [0.2, 0.25) is 0 Å². The molecule has 1 atom stereocenters. The fourth-order valence-corrected chi connectivity index (χ4v) is 4.49. The molecule has 30 heavy (non-hydrogen) atoms. The Hall–Kier alpha value is -1.64. The number of benzene rings is 1. The highest BCUT2D eigenvalue weighted by Gasteiger charge is 2.34. The van der Waals surface area contributed by atoms with Gasteiger partial charge in [-0.05, 0) is 37.4 Å². The molecule has 8 heteroatoms. The van der Waals surface area contributed by atoms with E-state index in [4.69, 9.17) is 4.74 Å². The summed E-state index contributed by atoms with van der Waals surface area (Å²) in [4.78, 5) is 18.6. The Morgan fingerprint density at radius 3 is 2.60 bits per heavy atom. The maximum atomic E-state index is 13.3. The minimum Gasteiger partial charge on any atom is -0.379 e. The van der Waals surface area contributed by atoms with Crippen molar-refractivity contribution in [3.63, 3.8) is 0 Å². The molecule has 0 aromatic heterocycles. The van der Waals surface area contributed by atoms with Gasteiger partial charge in [-0.25, -0.2) is 0 Å². The van der Waals surface area contributed by atoms with E-state index in [2.05, 4.69) is 9.80 Å². The second kappa shape index (κ2) is 10.6. The molecule has 0 N–H and O–H groups in total. The number of rotatable bonds is 7. The van der Waals surface area contributed by atoms with E-state index in [0.29, 0.717) is 18.7 Å². The molecule has 2 heterocycles. The first-order chi connectivity index (χ1) is 14.3. The zero-order valence-electron chi connectivity index (χ0n) is 17.7. The standard InChI is InChI=1S/C22H32F3N3O2/c1-18(29)28(11-5-10-26-12-14-30-15-13-26)20-7-4-9-27(17-20)16-19-6-2-3-8-21(19)22(23,24)25/h2-3,6,8,20H,4-5,7,9-17H2,1H3. The summed E-state index contributed by atoms with van der Waals surface area (Å²) in [6.45, 7) is 8.20. The summed E-state index contributed by atoms with van der Waals surface area (Å²) in [6.07, 6.45) is -1.68. The highest BCUT2D eigenvalue weighted by atomic mass is 19.4. The van der Waals surface area contributed by atoms with Crippen LogP contribution in [0.5, 0.6) is 0 Å². The van der Waals surface area contributed by atoms with Crippen LogP contribution in [-0.4, -0.2) is 79.1 Å². The fourth-order valence-electron chi connectivity index (χ4n) is 4.49. The molecule has 0 aliphatic carbocycles. The molecular formula is C22H32F3N3O2. The van der Waals surface area contributed by atoms with Crippen LogP contribution < -0.4 is 0 Å². The second-order valence-corrected chi connectivity index (χ2v) is 8.21. The number of alkyl halides is 3. The highest BCUT2D eigenvalue weighted by Crippen LogP contribution is 2.33. The summed E-state index contributed by atoms with van der Waals surface area (Å²) >= 11 is 0. The van der Waals surface area contributed by atoms with Crippen LogP contribution in [-0.2, 0) is 22.3 Å². The number of carbonyl (C=O) groups is 1. The third-order valence-electron chi connectivity index (χ3n) is 6.02. The number of amides is 1. The Kier molecular flexibility index (Phi) is 8.13. The van der Waals surface area contributed by atoms with Crippen LogP contribution in [0.3, 0.4) is 0 Å². The first-order valence-electron chi connectivity index (χ1n) is 10.8. The molecule has 168 valence electrons. The molecule has 2 aliphatic rings. The molecule has 0 bridgehead atoms. The van der Waals surface area contributed by atoms with Gasteiger partial charge >= 0.3 is 6.18 Å². The number of ether oxygens (including phenoxy) is 1. The molecule has 2 fully saturated rings. The average Bonchev–Trinajstić information content (AvgIpc) is 2.71. The fraction of sp³-hybridized carbons (Fsp3) is 0.682. The van der Waals surface area contributed by atoms with Crippen molar-refractivity contribution >= 4 is 5.91 Å². The summed E-state index contributed by atoms with van der Waals surface area (Å²) in [5.41, 5.74) is -0.270. The van der Waals surface area contributed by atoms with E-state index < -0.39 is 11.7 Å². The van der Waals surface area contributed by atoms with E-state index in [9.17, 15) is 18.0 Å². The smallest absolute Gasteiger partial charge is 0.379 e. The van der Waals surface area contributed by atoms with Gasteiger partial charge in [-0.15, -0.1) is 0 Å². The van der Waals surface area contributed by atoms with Gasteiger partial charge in [0.05, 0.1) is 18.8 Å². The van der Waals surface area contributed by atoms with Gasteiger partial charge < -0.3 is 9.64 Å². The number of likely N-dealkylation sites (tertiary alicyclic amines) is 1. The van der Waals surface area contributed by atoms with E-state index >= 15 is 0 Å². The molecule has 5 nitrogen and oxygen atoms in total. The van der Waals surface area contributed by atoms with Crippen molar-refractivity contribution in [1.82, 2.24) is 14.7 Å². The van der Waals surface area contributed by atoms with Gasteiger partial charge in [0.2, 0.25) is 5.91 Å². The van der Waals surface area contributed by atoms with Crippen LogP contribution in [0.25, 0.3) is 0 Å². The topological polar surface area (TPSA) is 36.0 Å². The van der Waals surface area contributed by atoms with E-state index in [1.165, 1.54) is 6.07 Å². The van der Waals surface area contributed by atoms with Gasteiger partial charge in [0.15, 0.2) is 0 Å². The van der Waals surface area contributed by atoms with Gasteiger partial charge in [-0.1, -0.05) is 18.2 Å². The third kappa shape index (κ3) is 6.43. The maximum Gasteiger partial charge on any atom is 0.416 e. The molecule has 1 aromatic rings. The first-order valence-corrected chi connectivity index (χ1v) is 10.8. The number of nitrogens with zero attached hydrogens (tertiary/aromatic N) is 3. The molecule has 0 saturated carbocycles. The lowest BCUT2D eigenvalue weighted by molar-refractivity contribution is -0.138. The van der Waals surface area contributed by atoms with Crippen molar-refractivity contribution in [3.05, 3.63) is 35.4 Å². The van der Waals surface area contributed by atoms with Crippen molar-refractivity contribution < 1.29 is 22.7 Å². The zero-order valence-corrected chi connectivity index (χ0v) is 17.7. The number of hydrogen-bond donors (Lipinski definition) is 0. The Labute approximate surface area is 176 Å². The molecule has 1 amide bonds. The normalized spacial score (nSPS) is 21.5. The van der Waals surface area contributed by atoms with Gasteiger partial charge in [-0.3, -0.25) is 14.6 Å². The molecule has 2 aliphatic heterocycles. The summed E-state index contributed by atoms with van der Waals surface area (Å²) in [5.74, 6) is 0.0412. The number of halogens is 3. The molecule has 2 saturated heterocycles. The van der Waals surface area contributed by atoms with Crippen molar-refractivity contribution in [2.24, 2.45) is 0 Å². The molecule has 0 spiro atoms. The lowest BCUT2D eigenvalue weighted by Gasteiger charge is -2.39. The van der Waals surface area contributed by atoms with Gasteiger partial charge in [0.25, 0.3) is 0 Å². The Bertz CT molecular complexity index is 692. The van der Waals surface area contributed by atoms with Crippen molar-refractivity contribution in [2.45, 2.75) is 44.9 Å². The molecule has 0 radical (unpaired) electrons. The van der Waals surface area contributed by atoms with E-state index in [1.807, 2.05) is 4.90 Å². The monoisotopic (exact) mass is 427 g/mol. The van der Waals surface area contributed by atoms with E-state index in [-0.39, 0.29) is 18.5 Å². The summed E-state index contributed by atoms with van der Waals surface area (Å²) < 4.78 is 45.3. The lowest BCUT2D eigenvalue weighted by atomic mass is 10.0. The molecule has 3 rings (SSSR count). The number of morpholine rings is 1. The van der Waals surface area contributed by atoms with Crippen molar-refractivity contribution in [3.8, 4) is 0 Å². The zero-order chi connectivity index (χ0) is 21.6. The SMILES string of the molecule is CC(=O)N(CCCN1CCOCC1)C1CCCN(Cc2ccccc2C(F)(F)F)C1. The van der Waals surface area contributed by atoms with Gasteiger partial charge in [0, 0.05) is 52.2 Å². The Morgan fingerprint density at radius 2 is 1.90 bits per heavy atom. The van der Waals surface area contributed by atoms with Crippen molar-refractivity contribution in [2.75, 3.05) is 52.5 Å². The van der Waals surface area contributed by atoms with Gasteiger partial charge in [0.1, 0.15) is 0 Å². The minimum absolute atomic E-state index is 0.0412. The number of piperidine rings is 1. The molecular weight excluding hydrogens is 395 g/mol. The summed E-state index contributed by atoms with van der Waals surface area (Å²) in [7, 11) is 0. The quantitative estimate of drug-likeness (QED) is 0.670. The van der Waals surface area contributed by atoms with Crippen molar-refractivity contribution in [1.29, 1.82) is 0 Å². The van der Waals surface area contributed by atoms with E-state index in [0.717, 1.165) is 64.7 Å². The first kappa shape index (κ1) is 23.0. The average molecular weight is 428 g/mol. The minimum atomic E-state index is -4.35. The predicted molar refractivity (Wildman–Crippen MR) is 109 cm³/mol. The summed E-state index contributed by atoms with van der Waals surface area (Å²) in [6, 6.07) is 5.83. The number of hydrogen-bond acceptors (Lipinski definition) is 4. The van der Waals surface area contributed by atoms with E-state index in [1.54, 1.807) is 19.1 Å². The predicted octanol–water partition coefficient (Wildman–Crippen LogP) is 3.24. The van der Waals surface area contributed by atoms with Crippen LogP contribution >= 0.6 is 0 Å². The van der Waals surface area contributed by atoms with Crippen LogP contribution in [0.15, 0.2) is 24.3 Å². The second-order valence-electron chi connectivity index (χ2n) is 8.21. The number of carbonyl (C=O) groups excluding carboxylic acids is 1. The third-order valence-corrected chi connectivity index (χ3v) is 6.02. The van der Waals surface area contributed by atoms with Crippen LogP contribution in [0, 0.1) is 0 Å². The Balaban J connectivity index is 1.57. The summed E-state index contributed by atoms with van der Waals surface area (Å²) in [5, 5.41) is 0. The van der Waals surface area contributed by atoms with Gasteiger partial charge in [-0.2, -0.15) is 13.2 Å². The largest absolute Gasteiger partial charge is 0.416 e.